The van der Waals surface area contributed by atoms with Gasteiger partial charge in [0.2, 0.25) is 6.41 Å². The first-order chi connectivity index (χ1) is 17.9. The van der Waals surface area contributed by atoms with Crippen molar-refractivity contribution in [2.75, 3.05) is 37.9 Å². The number of nitrogens with one attached hydrogen (secondary N) is 2. The summed E-state index contributed by atoms with van der Waals surface area (Å²) in [6.07, 6.45) is 5.34. The van der Waals surface area contributed by atoms with Gasteiger partial charge in [0.1, 0.15) is 11.4 Å². The highest BCUT2D eigenvalue weighted by molar-refractivity contribution is 6.00. The van der Waals surface area contributed by atoms with Gasteiger partial charge in [-0.15, -0.1) is 0 Å². The highest BCUT2D eigenvalue weighted by Gasteiger charge is 2.29. The Kier molecular flexibility index (Phi) is 9.00. The molecule has 2 N–H and O–H groups in total. The predicted molar refractivity (Wildman–Crippen MR) is 148 cm³/mol. The number of hydrogen-bond donors (Lipinski definition) is 2. The van der Waals surface area contributed by atoms with Gasteiger partial charge in [0.05, 0.1) is 19.9 Å². The first-order valence-corrected chi connectivity index (χ1v) is 13.2. The monoisotopic (exact) mass is 505 g/mol. The van der Waals surface area contributed by atoms with Gasteiger partial charge in [-0.05, 0) is 51.3 Å². The summed E-state index contributed by atoms with van der Waals surface area (Å²) in [6.45, 7) is 14.2. The molecular formula is C28H39N7O2. The Morgan fingerprint density at radius 2 is 2.08 bits per heavy atom. The molecule has 0 bridgehead atoms. The summed E-state index contributed by atoms with van der Waals surface area (Å²) < 4.78 is 5.70. The largest absolute Gasteiger partial charge is 0.379 e. The van der Waals surface area contributed by atoms with Crippen LogP contribution in [0, 0.1) is 24.2 Å². The number of morpholine rings is 1. The minimum absolute atomic E-state index is 0.112. The van der Waals surface area contributed by atoms with Crippen molar-refractivity contribution >= 4 is 30.5 Å². The summed E-state index contributed by atoms with van der Waals surface area (Å²) >= 11 is 0. The molecule has 9 nitrogen and oxygen atoms in total. The van der Waals surface area contributed by atoms with Crippen molar-refractivity contribution in [2.24, 2.45) is 16.8 Å². The third-order valence-corrected chi connectivity index (χ3v) is 7.52. The van der Waals surface area contributed by atoms with Gasteiger partial charge in [0.15, 0.2) is 17.5 Å². The lowest BCUT2D eigenvalue weighted by atomic mass is 9.82. The van der Waals surface area contributed by atoms with Crippen LogP contribution >= 0.6 is 0 Å². The molecule has 1 atom stereocenters. The number of anilines is 1. The van der Waals surface area contributed by atoms with Crippen molar-refractivity contribution in [2.45, 2.75) is 52.5 Å². The molecule has 1 saturated carbocycles. The molecule has 2 fully saturated rings. The van der Waals surface area contributed by atoms with Crippen molar-refractivity contribution in [3.8, 4) is 11.3 Å². The third kappa shape index (κ3) is 6.59. The molecule has 0 radical (unpaired) electrons. The molecule has 2 aliphatic rings. The van der Waals surface area contributed by atoms with Crippen molar-refractivity contribution in [1.29, 1.82) is 5.41 Å². The number of hydrogen-bond acceptors (Lipinski definition) is 8. The summed E-state index contributed by atoms with van der Waals surface area (Å²) in [5, 5.41) is 10.6. The quantitative estimate of drug-likeness (QED) is 0.301. The fourth-order valence-electron chi connectivity index (χ4n) is 5.31. The number of amidine groups is 1. The molecule has 2 heterocycles. The van der Waals surface area contributed by atoms with Crippen molar-refractivity contribution in [3.05, 3.63) is 35.7 Å². The Bertz CT molecular complexity index is 1110. The summed E-state index contributed by atoms with van der Waals surface area (Å²) in [5.41, 5.74) is 3.53. The highest BCUT2D eigenvalue weighted by Crippen LogP contribution is 2.39. The summed E-state index contributed by atoms with van der Waals surface area (Å²) in [4.78, 5) is 29.6. The molecule has 2 aromatic rings. The molecule has 1 aliphatic carbocycles. The van der Waals surface area contributed by atoms with Crippen molar-refractivity contribution in [1.82, 2.24) is 20.2 Å². The van der Waals surface area contributed by atoms with Crippen LogP contribution in [-0.4, -0.2) is 72.8 Å². The number of amides is 1. The van der Waals surface area contributed by atoms with Crippen LogP contribution in [-0.2, 0) is 9.53 Å². The minimum Gasteiger partial charge on any atom is -0.379 e. The Labute approximate surface area is 219 Å². The van der Waals surface area contributed by atoms with Crippen LogP contribution in [0.3, 0.4) is 0 Å². The Hall–Kier alpha value is -3.17. The van der Waals surface area contributed by atoms with Crippen molar-refractivity contribution in [3.63, 3.8) is 0 Å². The second-order valence-corrected chi connectivity index (χ2v) is 10.5. The van der Waals surface area contributed by atoms with Crippen LogP contribution in [0.2, 0.25) is 0 Å². The third-order valence-electron chi connectivity index (χ3n) is 7.52. The number of carbonyl (C=O) groups is 1. The van der Waals surface area contributed by atoms with E-state index in [9.17, 15) is 4.79 Å². The van der Waals surface area contributed by atoms with Gasteiger partial charge < -0.3 is 15.0 Å². The standard InChI is InChI=1S/C28H39N7O2/c1-19-8-10-22(11-9-19)15-35(18-34-12-13-37-16-21(34)3)25-24(23-7-5-6-20(2)14-23)32-28(26(29)31-17-36)33-27(25)30-4/h5-7,14,17,19,21-22H,4,8-13,15-16,18H2,1-3H3,(H2,29,31,36)/t19-,21-,22-/m0/s1. The van der Waals surface area contributed by atoms with Crippen LogP contribution in [0.25, 0.3) is 11.3 Å². The number of aliphatic imine (C=N–C) groups is 1. The zero-order valence-electron chi connectivity index (χ0n) is 22.2. The van der Waals surface area contributed by atoms with Crippen LogP contribution in [0.1, 0.15) is 50.9 Å². The van der Waals surface area contributed by atoms with E-state index in [0.29, 0.717) is 43.7 Å². The maximum Gasteiger partial charge on any atom is 0.212 e. The molecule has 9 heteroatoms. The molecule has 1 aromatic heterocycles. The maximum absolute atomic E-state index is 11.0. The number of aryl methyl sites for hydroxylation is 1. The first-order valence-electron chi connectivity index (χ1n) is 13.2. The molecule has 1 aliphatic heterocycles. The molecular weight excluding hydrogens is 466 g/mol. The number of rotatable bonds is 9. The van der Waals surface area contributed by atoms with E-state index in [2.05, 4.69) is 51.7 Å². The smallest absolute Gasteiger partial charge is 0.212 e. The van der Waals surface area contributed by atoms with E-state index < -0.39 is 0 Å². The summed E-state index contributed by atoms with van der Waals surface area (Å²) in [6, 6.07) is 8.43. The zero-order chi connectivity index (χ0) is 26.4. The second kappa shape index (κ2) is 12.4. The lowest BCUT2D eigenvalue weighted by molar-refractivity contribution is -0.108. The van der Waals surface area contributed by atoms with Crippen LogP contribution < -0.4 is 10.2 Å². The molecule has 1 saturated heterocycles. The van der Waals surface area contributed by atoms with E-state index in [1.807, 2.05) is 25.1 Å². The number of aromatic nitrogens is 2. The Morgan fingerprint density at radius 3 is 2.76 bits per heavy atom. The average molecular weight is 506 g/mol. The van der Waals surface area contributed by atoms with Gasteiger partial charge in [0, 0.05) is 24.7 Å². The first kappa shape index (κ1) is 26.9. The molecule has 0 unspecified atom stereocenters. The van der Waals surface area contributed by atoms with E-state index >= 15 is 0 Å². The molecule has 1 amide bonds. The predicted octanol–water partition coefficient (Wildman–Crippen LogP) is 4.17. The van der Waals surface area contributed by atoms with Gasteiger partial charge >= 0.3 is 0 Å². The number of nitrogens with zero attached hydrogens (tertiary/aromatic N) is 5. The zero-order valence-corrected chi connectivity index (χ0v) is 22.2. The van der Waals surface area contributed by atoms with Crippen LogP contribution in [0.5, 0.6) is 0 Å². The van der Waals surface area contributed by atoms with E-state index in [4.69, 9.17) is 15.1 Å². The fraction of sp³-hybridized carbons (Fsp3) is 0.536. The summed E-state index contributed by atoms with van der Waals surface area (Å²) in [7, 11) is 0. The topological polar surface area (TPSA) is 107 Å². The number of ether oxygens (including phenoxy) is 1. The molecule has 0 spiro atoms. The Balaban J connectivity index is 1.83. The van der Waals surface area contributed by atoms with Crippen LogP contribution in [0.15, 0.2) is 29.3 Å². The normalized spacial score (nSPS) is 22.3. The number of carbonyl (C=O) groups excluding carboxylic acids is 1. The molecule has 37 heavy (non-hydrogen) atoms. The lowest BCUT2D eigenvalue weighted by Gasteiger charge is -2.40. The minimum atomic E-state index is -0.171. The average Bonchev–Trinajstić information content (AvgIpc) is 2.90. The second-order valence-electron chi connectivity index (χ2n) is 10.5. The van der Waals surface area contributed by atoms with E-state index in [1.165, 1.54) is 25.7 Å². The van der Waals surface area contributed by atoms with Gasteiger partial charge in [-0.2, -0.15) is 0 Å². The molecule has 1 aromatic carbocycles. The van der Waals surface area contributed by atoms with E-state index in [0.717, 1.165) is 35.8 Å². The maximum atomic E-state index is 11.0. The molecule has 4 rings (SSSR count). The van der Waals surface area contributed by atoms with Gasteiger partial charge in [-0.25, -0.2) is 15.0 Å². The van der Waals surface area contributed by atoms with E-state index in [-0.39, 0.29) is 17.7 Å². The highest BCUT2D eigenvalue weighted by atomic mass is 16.5. The van der Waals surface area contributed by atoms with Gasteiger partial charge in [-0.1, -0.05) is 43.5 Å². The van der Waals surface area contributed by atoms with Crippen molar-refractivity contribution < 1.29 is 9.53 Å². The fourth-order valence-corrected chi connectivity index (χ4v) is 5.31. The molecule has 198 valence electrons. The lowest BCUT2D eigenvalue weighted by Crippen LogP contribution is -2.50. The van der Waals surface area contributed by atoms with Gasteiger partial charge in [0.25, 0.3) is 0 Å². The Morgan fingerprint density at radius 1 is 1.30 bits per heavy atom. The SMILES string of the molecule is C=Nc1nc(C(=N)NC=O)nc(-c2cccc(C)c2)c1N(CN1CCOC[C@@H]1C)C[C@H]1CC[C@H](C)CC1. The number of benzene rings is 1. The summed E-state index contributed by atoms with van der Waals surface area (Å²) in [5.74, 6) is 1.70. The van der Waals surface area contributed by atoms with Gasteiger partial charge in [-0.3, -0.25) is 15.1 Å². The van der Waals surface area contributed by atoms with E-state index in [1.54, 1.807) is 0 Å². The van der Waals surface area contributed by atoms with Crippen LogP contribution in [0.4, 0.5) is 11.5 Å².